The number of hydrogen-bond acceptors (Lipinski definition) is 1. The second-order valence-corrected chi connectivity index (χ2v) is 4.37. The molecule has 0 heterocycles. The lowest BCUT2D eigenvalue weighted by Gasteiger charge is -2.27. The third-order valence-electron chi connectivity index (χ3n) is 3.13. The van der Waals surface area contributed by atoms with E-state index in [1.165, 1.54) is 32.1 Å². The average Bonchev–Trinajstić information content (AvgIpc) is 2.62. The van der Waals surface area contributed by atoms with E-state index in [2.05, 4.69) is 0 Å². The van der Waals surface area contributed by atoms with Crippen molar-refractivity contribution in [3.8, 4) is 0 Å². The minimum absolute atomic E-state index is 0.0350. The van der Waals surface area contributed by atoms with Crippen LogP contribution in [0, 0.1) is 11.8 Å². The van der Waals surface area contributed by atoms with Crippen molar-refractivity contribution in [1.29, 1.82) is 0 Å². The molecule has 2 aliphatic rings. The molecule has 0 aromatic rings. The van der Waals surface area contributed by atoms with E-state index >= 15 is 0 Å². The van der Waals surface area contributed by atoms with E-state index in [1.807, 2.05) is 0 Å². The van der Waals surface area contributed by atoms with Crippen LogP contribution < -0.4 is 0 Å². The Morgan fingerprint density at radius 3 is 1.91 bits per heavy atom. The first-order valence-corrected chi connectivity index (χ1v) is 5.02. The van der Waals surface area contributed by atoms with Gasteiger partial charge >= 0.3 is 0 Å². The van der Waals surface area contributed by atoms with Crippen molar-refractivity contribution in [2.45, 2.75) is 51.0 Å². The molecule has 1 unspecified atom stereocenters. The maximum Gasteiger partial charge on any atom is 0.0545 e. The van der Waals surface area contributed by atoms with Crippen molar-refractivity contribution < 1.29 is 5.11 Å². The van der Waals surface area contributed by atoms with E-state index in [0.29, 0.717) is 0 Å². The number of aliphatic hydroxyl groups excluding tert-OH is 1. The van der Waals surface area contributed by atoms with Gasteiger partial charge in [0.2, 0.25) is 0 Å². The molecular weight excluding hydrogens is 136 g/mol. The van der Waals surface area contributed by atoms with Gasteiger partial charge in [0.25, 0.3) is 0 Å². The third kappa shape index (κ3) is 2.19. The summed E-state index contributed by atoms with van der Waals surface area (Å²) in [4.78, 5) is 0. The lowest BCUT2D eigenvalue weighted by atomic mass is 9.81. The molecule has 0 saturated heterocycles. The highest BCUT2D eigenvalue weighted by Gasteiger charge is 2.27. The fourth-order valence-corrected chi connectivity index (χ4v) is 1.95. The van der Waals surface area contributed by atoms with Crippen LogP contribution in [0.3, 0.4) is 0 Å². The largest absolute Gasteiger partial charge is 0.393 e. The molecule has 2 fully saturated rings. The number of rotatable bonds is 4. The minimum atomic E-state index is 0.0350. The van der Waals surface area contributed by atoms with E-state index in [4.69, 9.17) is 0 Å². The van der Waals surface area contributed by atoms with Crippen molar-refractivity contribution >= 4 is 0 Å². The van der Waals surface area contributed by atoms with Crippen molar-refractivity contribution in [2.24, 2.45) is 11.8 Å². The summed E-state index contributed by atoms with van der Waals surface area (Å²) in [5.41, 5.74) is 0. The standard InChI is InChI=1S/C10H18O/c11-10(7-9-4-5-9)6-8-2-1-3-8/h8-11H,1-7H2. The first-order chi connectivity index (χ1) is 5.34. The van der Waals surface area contributed by atoms with Crippen LogP contribution in [0.4, 0.5) is 0 Å². The van der Waals surface area contributed by atoms with Crippen LogP contribution in [0.25, 0.3) is 0 Å². The zero-order chi connectivity index (χ0) is 7.68. The molecule has 1 nitrogen and oxygen atoms in total. The molecule has 11 heavy (non-hydrogen) atoms. The summed E-state index contributed by atoms with van der Waals surface area (Å²) >= 11 is 0. The van der Waals surface area contributed by atoms with Gasteiger partial charge in [0.1, 0.15) is 0 Å². The van der Waals surface area contributed by atoms with Gasteiger partial charge in [-0.1, -0.05) is 32.1 Å². The summed E-state index contributed by atoms with van der Waals surface area (Å²) in [7, 11) is 0. The molecular formula is C10H18O. The monoisotopic (exact) mass is 154 g/mol. The van der Waals surface area contributed by atoms with Gasteiger partial charge in [0.05, 0.1) is 6.10 Å². The Balaban J connectivity index is 1.59. The maximum absolute atomic E-state index is 9.60. The van der Waals surface area contributed by atoms with Crippen molar-refractivity contribution in [3.63, 3.8) is 0 Å². The molecule has 0 bridgehead atoms. The van der Waals surface area contributed by atoms with Crippen LogP contribution in [0.15, 0.2) is 0 Å². The highest BCUT2D eigenvalue weighted by Crippen LogP contribution is 2.37. The normalized spacial score (nSPS) is 28.1. The molecule has 0 aliphatic heterocycles. The van der Waals surface area contributed by atoms with Gasteiger partial charge in [-0.05, 0) is 24.7 Å². The highest BCUT2D eigenvalue weighted by molar-refractivity contribution is 4.79. The van der Waals surface area contributed by atoms with E-state index in [1.54, 1.807) is 0 Å². The average molecular weight is 154 g/mol. The van der Waals surface area contributed by atoms with Crippen LogP contribution in [-0.4, -0.2) is 11.2 Å². The lowest BCUT2D eigenvalue weighted by molar-refractivity contribution is 0.105. The van der Waals surface area contributed by atoms with E-state index < -0.39 is 0 Å². The molecule has 1 atom stereocenters. The highest BCUT2D eigenvalue weighted by atomic mass is 16.3. The molecule has 2 rings (SSSR count). The first-order valence-electron chi connectivity index (χ1n) is 5.02. The maximum atomic E-state index is 9.60. The van der Waals surface area contributed by atoms with Crippen LogP contribution >= 0.6 is 0 Å². The minimum Gasteiger partial charge on any atom is -0.393 e. The summed E-state index contributed by atoms with van der Waals surface area (Å²) < 4.78 is 0. The Hall–Kier alpha value is -0.0400. The quantitative estimate of drug-likeness (QED) is 0.659. The molecule has 0 spiro atoms. The molecule has 2 aliphatic carbocycles. The predicted octanol–water partition coefficient (Wildman–Crippen LogP) is 2.34. The van der Waals surface area contributed by atoms with Gasteiger partial charge in [-0.2, -0.15) is 0 Å². The van der Waals surface area contributed by atoms with E-state index in [-0.39, 0.29) is 6.10 Å². The van der Waals surface area contributed by atoms with Gasteiger partial charge in [0.15, 0.2) is 0 Å². The zero-order valence-corrected chi connectivity index (χ0v) is 7.13. The third-order valence-corrected chi connectivity index (χ3v) is 3.13. The van der Waals surface area contributed by atoms with Gasteiger partial charge < -0.3 is 5.11 Å². The second-order valence-electron chi connectivity index (χ2n) is 4.37. The molecule has 2 saturated carbocycles. The van der Waals surface area contributed by atoms with Crippen LogP contribution in [0.1, 0.15) is 44.9 Å². The second kappa shape index (κ2) is 3.14. The molecule has 1 N–H and O–H groups in total. The summed E-state index contributed by atoms with van der Waals surface area (Å²) in [6.07, 6.45) is 9.13. The Kier molecular flexibility index (Phi) is 2.17. The molecule has 0 aromatic carbocycles. The van der Waals surface area contributed by atoms with Crippen molar-refractivity contribution in [2.75, 3.05) is 0 Å². The van der Waals surface area contributed by atoms with Crippen LogP contribution in [0.5, 0.6) is 0 Å². The summed E-state index contributed by atoms with van der Waals surface area (Å²) in [6, 6.07) is 0. The molecule has 64 valence electrons. The molecule has 0 amide bonds. The van der Waals surface area contributed by atoms with Gasteiger partial charge in [-0.3, -0.25) is 0 Å². The fraction of sp³-hybridized carbons (Fsp3) is 1.00. The van der Waals surface area contributed by atoms with Crippen molar-refractivity contribution in [1.82, 2.24) is 0 Å². The number of aliphatic hydroxyl groups is 1. The first kappa shape index (κ1) is 7.60. The Bertz CT molecular complexity index is 125. The Morgan fingerprint density at radius 1 is 1.00 bits per heavy atom. The number of hydrogen-bond donors (Lipinski definition) is 1. The predicted molar refractivity (Wildman–Crippen MR) is 45.3 cm³/mol. The van der Waals surface area contributed by atoms with Crippen LogP contribution in [-0.2, 0) is 0 Å². The van der Waals surface area contributed by atoms with Gasteiger partial charge in [-0.15, -0.1) is 0 Å². The summed E-state index contributed by atoms with van der Waals surface area (Å²) in [5, 5.41) is 9.60. The van der Waals surface area contributed by atoms with E-state index in [9.17, 15) is 5.11 Å². The topological polar surface area (TPSA) is 20.2 Å². The van der Waals surface area contributed by atoms with Gasteiger partial charge in [0, 0.05) is 0 Å². The molecule has 0 aromatic heterocycles. The lowest BCUT2D eigenvalue weighted by Crippen LogP contribution is -2.19. The Morgan fingerprint density at radius 2 is 1.55 bits per heavy atom. The molecule has 0 radical (unpaired) electrons. The summed E-state index contributed by atoms with van der Waals surface area (Å²) in [5.74, 6) is 1.77. The SMILES string of the molecule is OC(CC1CCC1)CC1CC1. The smallest absolute Gasteiger partial charge is 0.0545 e. The van der Waals surface area contributed by atoms with Crippen LogP contribution in [0.2, 0.25) is 0 Å². The van der Waals surface area contributed by atoms with E-state index in [0.717, 1.165) is 24.7 Å². The molecule has 1 heteroatoms. The zero-order valence-electron chi connectivity index (χ0n) is 7.13. The van der Waals surface area contributed by atoms with Crippen molar-refractivity contribution in [3.05, 3.63) is 0 Å². The summed E-state index contributed by atoms with van der Waals surface area (Å²) in [6.45, 7) is 0. The van der Waals surface area contributed by atoms with Gasteiger partial charge in [-0.25, -0.2) is 0 Å². The fourth-order valence-electron chi connectivity index (χ4n) is 1.95. The Labute approximate surface area is 68.8 Å².